The van der Waals surface area contributed by atoms with E-state index >= 15 is 0 Å². The van der Waals surface area contributed by atoms with Crippen molar-refractivity contribution in [3.05, 3.63) is 57.8 Å². The third-order valence-corrected chi connectivity index (χ3v) is 6.85. The van der Waals surface area contributed by atoms with Crippen LogP contribution in [0.1, 0.15) is 30.9 Å². The molecule has 5 nitrogen and oxygen atoms in total. The molecule has 1 aromatic carbocycles. The van der Waals surface area contributed by atoms with E-state index in [2.05, 4.69) is 9.71 Å². The summed E-state index contributed by atoms with van der Waals surface area (Å²) in [6.45, 7) is 1.86. The zero-order chi connectivity index (χ0) is 18.2. The van der Waals surface area contributed by atoms with E-state index in [9.17, 15) is 13.2 Å². The van der Waals surface area contributed by atoms with Crippen LogP contribution in [0.25, 0.3) is 0 Å². The predicted octanol–water partition coefficient (Wildman–Crippen LogP) is 3.49. The van der Waals surface area contributed by atoms with E-state index in [0.717, 1.165) is 11.1 Å². The van der Waals surface area contributed by atoms with Crippen LogP contribution < -0.4 is 4.72 Å². The summed E-state index contributed by atoms with van der Waals surface area (Å²) in [4.78, 5) is 16.5. The minimum atomic E-state index is -4.12. The molecular weight excluding hydrogens is 383 g/mol. The fourth-order valence-electron chi connectivity index (χ4n) is 3.34. The van der Waals surface area contributed by atoms with Crippen LogP contribution in [0.2, 0.25) is 10.2 Å². The largest absolute Gasteiger partial charge is 0.273 e. The second-order valence-electron chi connectivity index (χ2n) is 5.93. The molecule has 1 amide bonds. The van der Waals surface area contributed by atoms with Gasteiger partial charge in [-0.3, -0.25) is 4.79 Å². The first kappa shape index (κ1) is 18.2. The van der Waals surface area contributed by atoms with Gasteiger partial charge in [0.05, 0.1) is 5.41 Å². The monoisotopic (exact) mass is 398 g/mol. The number of carbonyl (C=O) groups is 1. The third kappa shape index (κ3) is 3.03. The summed E-state index contributed by atoms with van der Waals surface area (Å²) in [7, 11) is -4.12. The normalized spacial score (nSPS) is 19.5. The number of benzene rings is 1. The van der Waals surface area contributed by atoms with Gasteiger partial charge in [0.1, 0.15) is 10.0 Å². The highest BCUT2D eigenvalue weighted by atomic mass is 35.5. The molecule has 1 aliphatic carbocycles. The molecular formula is C17H16Cl2N2O3S. The number of hydrogen-bond acceptors (Lipinski definition) is 4. The zero-order valence-corrected chi connectivity index (χ0v) is 15.7. The van der Waals surface area contributed by atoms with Crippen molar-refractivity contribution in [2.24, 2.45) is 0 Å². The summed E-state index contributed by atoms with van der Waals surface area (Å²) in [5.74, 6) is -0.573. The van der Waals surface area contributed by atoms with Gasteiger partial charge in [0.2, 0.25) is 5.91 Å². The lowest BCUT2D eigenvalue weighted by Crippen LogP contribution is -2.45. The Morgan fingerprint density at radius 2 is 2.04 bits per heavy atom. The number of fused-ring (bicyclic) bond motifs is 1. The van der Waals surface area contributed by atoms with Crippen LogP contribution in [0, 0.1) is 0 Å². The molecule has 1 N–H and O–H groups in total. The summed E-state index contributed by atoms with van der Waals surface area (Å²) in [6, 6.07) is 8.14. The third-order valence-electron chi connectivity index (χ3n) is 4.72. The van der Waals surface area contributed by atoms with Crippen molar-refractivity contribution < 1.29 is 13.2 Å². The molecule has 25 heavy (non-hydrogen) atoms. The summed E-state index contributed by atoms with van der Waals surface area (Å²) in [6.07, 6.45) is 2.98. The molecule has 0 fully saturated rings. The van der Waals surface area contributed by atoms with E-state index < -0.39 is 21.3 Å². The van der Waals surface area contributed by atoms with Crippen molar-refractivity contribution in [3.8, 4) is 0 Å². The van der Waals surface area contributed by atoms with E-state index in [1.807, 2.05) is 13.0 Å². The van der Waals surface area contributed by atoms with Gasteiger partial charge in [-0.25, -0.2) is 18.1 Å². The first-order chi connectivity index (χ1) is 11.8. The van der Waals surface area contributed by atoms with Crippen LogP contribution in [0.4, 0.5) is 0 Å². The number of nitrogens with one attached hydrogen (secondary N) is 1. The maximum atomic E-state index is 13.0. The number of rotatable bonds is 4. The Morgan fingerprint density at radius 3 is 2.72 bits per heavy atom. The molecule has 1 atom stereocenters. The molecule has 2 aromatic rings. The second kappa shape index (κ2) is 6.59. The van der Waals surface area contributed by atoms with Crippen molar-refractivity contribution in [2.75, 3.05) is 0 Å². The topological polar surface area (TPSA) is 76.1 Å². The van der Waals surface area contributed by atoms with Crippen LogP contribution >= 0.6 is 23.2 Å². The van der Waals surface area contributed by atoms with Crippen molar-refractivity contribution in [1.29, 1.82) is 0 Å². The van der Waals surface area contributed by atoms with Crippen LogP contribution in [-0.4, -0.2) is 19.3 Å². The lowest BCUT2D eigenvalue weighted by Gasteiger charge is -2.27. The van der Waals surface area contributed by atoms with E-state index in [1.54, 1.807) is 12.1 Å². The maximum absolute atomic E-state index is 13.0. The maximum Gasteiger partial charge on any atom is 0.267 e. The van der Waals surface area contributed by atoms with Gasteiger partial charge in [-0.2, -0.15) is 0 Å². The molecule has 3 rings (SSSR count). The average Bonchev–Trinajstić information content (AvgIpc) is 2.96. The highest BCUT2D eigenvalue weighted by molar-refractivity contribution is 7.90. The van der Waals surface area contributed by atoms with Gasteiger partial charge in [0.15, 0.2) is 0 Å². The average molecular weight is 399 g/mol. The molecule has 8 heteroatoms. The lowest BCUT2D eigenvalue weighted by molar-refractivity contribution is -0.125. The summed E-state index contributed by atoms with van der Waals surface area (Å²) in [5, 5.41) is 0.419. The van der Waals surface area contributed by atoms with Crippen LogP contribution in [-0.2, 0) is 26.7 Å². The summed E-state index contributed by atoms with van der Waals surface area (Å²) in [5.41, 5.74) is 0.757. The van der Waals surface area contributed by atoms with Gasteiger partial charge in [-0.05, 0) is 48.6 Å². The van der Waals surface area contributed by atoms with E-state index in [1.165, 1.54) is 18.3 Å². The Labute approximate surface area is 156 Å². The number of carbonyl (C=O) groups excluding carboxylic acids is 1. The number of aromatic nitrogens is 1. The smallest absolute Gasteiger partial charge is 0.267 e. The van der Waals surface area contributed by atoms with Crippen LogP contribution in [0.5, 0.6) is 0 Å². The van der Waals surface area contributed by atoms with Crippen molar-refractivity contribution in [3.63, 3.8) is 0 Å². The quantitative estimate of drug-likeness (QED) is 0.799. The van der Waals surface area contributed by atoms with Gasteiger partial charge in [0, 0.05) is 11.2 Å². The molecule has 0 aliphatic heterocycles. The first-order valence-electron chi connectivity index (χ1n) is 7.77. The molecule has 0 saturated heterocycles. The van der Waals surface area contributed by atoms with Gasteiger partial charge in [-0.1, -0.05) is 42.3 Å². The summed E-state index contributed by atoms with van der Waals surface area (Å²) >= 11 is 12.1. The highest BCUT2D eigenvalue weighted by Crippen LogP contribution is 2.44. The Morgan fingerprint density at radius 1 is 1.28 bits per heavy atom. The van der Waals surface area contributed by atoms with Gasteiger partial charge in [-0.15, -0.1) is 0 Å². The Bertz CT molecular complexity index is 947. The Balaban J connectivity index is 1.99. The van der Waals surface area contributed by atoms with Crippen molar-refractivity contribution >= 4 is 39.1 Å². The molecule has 0 bridgehead atoms. The predicted molar refractivity (Wildman–Crippen MR) is 96.3 cm³/mol. The fourth-order valence-corrected chi connectivity index (χ4v) is 5.12. The van der Waals surface area contributed by atoms with Gasteiger partial charge >= 0.3 is 0 Å². The lowest BCUT2D eigenvalue weighted by atomic mass is 9.79. The molecule has 1 aromatic heterocycles. The Kier molecular flexibility index (Phi) is 4.79. The molecule has 0 radical (unpaired) electrons. The standard InChI is InChI=1S/C17H16Cl2N2O3S/c1-2-17(9-8-11-12(17)5-3-6-13(11)18)16(22)21-25(23,24)14-7-4-10-20-15(14)19/h3-7,10H,2,8-9H2,1H3,(H,21,22). The highest BCUT2D eigenvalue weighted by Gasteiger charge is 2.45. The minimum Gasteiger partial charge on any atom is -0.273 e. The summed E-state index contributed by atoms with van der Waals surface area (Å²) < 4.78 is 27.3. The van der Waals surface area contributed by atoms with Crippen LogP contribution in [0.3, 0.4) is 0 Å². The van der Waals surface area contributed by atoms with Crippen molar-refractivity contribution in [1.82, 2.24) is 9.71 Å². The minimum absolute atomic E-state index is 0.178. The number of hydrogen-bond donors (Lipinski definition) is 1. The number of amides is 1. The van der Waals surface area contributed by atoms with Crippen molar-refractivity contribution in [2.45, 2.75) is 36.5 Å². The second-order valence-corrected chi connectivity index (χ2v) is 8.34. The number of halogens is 2. The molecule has 1 unspecified atom stereocenters. The van der Waals surface area contributed by atoms with Gasteiger partial charge < -0.3 is 0 Å². The number of nitrogens with zero attached hydrogens (tertiary/aromatic N) is 1. The van der Waals surface area contributed by atoms with Gasteiger partial charge in [0.25, 0.3) is 10.0 Å². The fraction of sp³-hybridized carbons (Fsp3) is 0.294. The molecule has 1 heterocycles. The molecule has 1 aliphatic rings. The van der Waals surface area contributed by atoms with Crippen LogP contribution in [0.15, 0.2) is 41.4 Å². The number of pyridine rings is 1. The van der Waals surface area contributed by atoms with E-state index in [-0.39, 0.29) is 10.0 Å². The van der Waals surface area contributed by atoms with E-state index in [4.69, 9.17) is 23.2 Å². The first-order valence-corrected chi connectivity index (χ1v) is 10.0. The molecule has 0 spiro atoms. The number of sulfonamides is 1. The zero-order valence-electron chi connectivity index (χ0n) is 13.4. The molecule has 0 saturated carbocycles. The van der Waals surface area contributed by atoms with E-state index in [0.29, 0.717) is 24.3 Å². The molecule has 132 valence electrons. The Hall–Kier alpha value is -1.63. The SMILES string of the molecule is CCC1(C(=O)NS(=O)(=O)c2cccnc2Cl)CCc2c(Cl)cccc21.